The molecule has 0 fully saturated rings. The van der Waals surface area contributed by atoms with Gasteiger partial charge in [-0.3, -0.25) is 4.79 Å². The fourth-order valence-electron chi connectivity index (χ4n) is 1.56. The zero-order chi connectivity index (χ0) is 16.0. The Morgan fingerprint density at radius 3 is 2.29 bits per heavy atom. The minimum atomic E-state index is -1.28. The van der Waals surface area contributed by atoms with E-state index < -0.39 is 17.4 Å². The molecule has 0 saturated heterocycles. The van der Waals surface area contributed by atoms with E-state index in [4.69, 9.17) is 16.6 Å². The third kappa shape index (κ3) is 4.48. The molecule has 1 aromatic carbocycles. The first-order valence-corrected chi connectivity index (χ1v) is 6.48. The van der Waals surface area contributed by atoms with E-state index >= 15 is 0 Å². The highest BCUT2D eigenvalue weighted by atomic mass is 16.4. The minimum Gasteiger partial charge on any atom is -0.480 e. The van der Waals surface area contributed by atoms with Gasteiger partial charge in [-0.2, -0.15) is 0 Å². The molecule has 1 aromatic rings. The van der Waals surface area contributed by atoms with E-state index in [1.807, 2.05) is 0 Å². The molecule has 0 aliphatic rings. The monoisotopic (exact) mass is 292 g/mol. The van der Waals surface area contributed by atoms with Gasteiger partial charge >= 0.3 is 5.97 Å². The van der Waals surface area contributed by atoms with Gasteiger partial charge in [-0.25, -0.2) is 9.79 Å². The van der Waals surface area contributed by atoms with Crippen molar-refractivity contribution < 1.29 is 14.7 Å². The summed E-state index contributed by atoms with van der Waals surface area (Å²) in [6, 6.07) is 6.63. The molecule has 1 atom stereocenters. The van der Waals surface area contributed by atoms with Crippen LogP contribution >= 0.6 is 0 Å². The van der Waals surface area contributed by atoms with Gasteiger partial charge in [0.05, 0.1) is 6.54 Å². The number of aliphatic carboxylic acids is 1. The zero-order valence-corrected chi connectivity index (χ0v) is 12.1. The SMILES string of the molecule is CC[C@](C)(NC(=O)c1ccc(CN=C(N)N)cc1)C(=O)O. The highest BCUT2D eigenvalue weighted by Crippen LogP contribution is 2.12. The fraction of sp³-hybridized carbons (Fsp3) is 0.357. The zero-order valence-electron chi connectivity index (χ0n) is 12.1. The van der Waals surface area contributed by atoms with Crippen molar-refractivity contribution in [2.75, 3.05) is 0 Å². The first-order valence-electron chi connectivity index (χ1n) is 6.48. The number of benzene rings is 1. The lowest BCUT2D eigenvalue weighted by Gasteiger charge is -2.24. The summed E-state index contributed by atoms with van der Waals surface area (Å²) >= 11 is 0. The largest absolute Gasteiger partial charge is 0.480 e. The molecule has 21 heavy (non-hydrogen) atoms. The van der Waals surface area contributed by atoms with Gasteiger partial charge in [0.15, 0.2) is 5.96 Å². The first-order chi connectivity index (χ1) is 9.78. The summed E-state index contributed by atoms with van der Waals surface area (Å²) in [5.41, 5.74) is 10.4. The number of carboxylic acids is 1. The Kier molecular flexibility index (Phi) is 5.29. The van der Waals surface area contributed by atoms with Crippen LogP contribution in [0.1, 0.15) is 36.2 Å². The Morgan fingerprint density at radius 2 is 1.86 bits per heavy atom. The van der Waals surface area contributed by atoms with Crippen LogP contribution in [0.25, 0.3) is 0 Å². The minimum absolute atomic E-state index is 0.00279. The number of carbonyl (C=O) groups is 2. The molecule has 1 amide bonds. The second-order valence-electron chi connectivity index (χ2n) is 4.88. The van der Waals surface area contributed by atoms with Gasteiger partial charge in [-0.15, -0.1) is 0 Å². The van der Waals surface area contributed by atoms with Crippen molar-refractivity contribution in [2.45, 2.75) is 32.4 Å². The molecule has 0 heterocycles. The lowest BCUT2D eigenvalue weighted by atomic mass is 9.98. The summed E-state index contributed by atoms with van der Waals surface area (Å²) in [7, 11) is 0. The number of hydrogen-bond donors (Lipinski definition) is 4. The number of nitrogens with zero attached hydrogens (tertiary/aromatic N) is 1. The lowest BCUT2D eigenvalue weighted by Crippen LogP contribution is -2.51. The van der Waals surface area contributed by atoms with Crippen LogP contribution in [0, 0.1) is 0 Å². The van der Waals surface area contributed by atoms with Crippen LogP contribution < -0.4 is 16.8 Å². The number of carbonyl (C=O) groups excluding carboxylic acids is 1. The van der Waals surface area contributed by atoms with E-state index in [9.17, 15) is 9.59 Å². The highest BCUT2D eigenvalue weighted by molar-refractivity contribution is 5.97. The Balaban J connectivity index is 2.80. The summed E-state index contributed by atoms with van der Waals surface area (Å²) < 4.78 is 0. The van der Waals surface area contributed by atoms with Crippen LogP contribution in [-0.4, -0.2) is 28.5 Å². The molecule has 7 heteroatoms. The molecule has 0 aliphatic carbocycles. The number of rotatable bonds is 6. The second kappa shape index (κ2) is 6.74. The molecule has 0 unspecified atom stereocenters. The standard InChI is InChI=1S/C14H20N4O3/c1-3-14(2,12(20)21)18-11(19)10-6-4-9(5-7-10)8-17-13(15)16/h4-7H,3,8H2,1-2H3,(H,18,19)(H,20,21)(H4,15,16,17)/t14-/m0/s1. The van der Waals surface area contributed by atoms with Gasteiger partial charge in [-0.05, 0) is 31.0 Å². The summed E-state index contributed by atoms with van der Waals surface area (Å²) in [6.07, 6.45) is 0.288. The van der Waals surface area contributed by atoms with E-state index in [0.717, 1.165) is 5.56 Å². The molecular formula is C14H20N4O3. The second-order valence-corrected chi connectivity index (χ2v) is 4.88. The maximum atomic E-state index is 12.1. The predicted octanol–water partition coefficient (Wildman–Crippen LogP) is 0.443. The molecule has 6 N–H and O–H groups in total. The molecule has 0 radical (unpaired) electrons. The third-order valence-corrected chi connectivity index (χ3v) is 3.23. The maximum absolute atomic E-state index is 12.1. The molecule has 7 nitrogen and oxygen atoms in total. The van der Waals surface area contributed by atoms with Crippen molar-refractivity contribution in [3.05, 3.63) is 35.4 Å². The van der Waals surface area contributed by atoms with Crippen LogP contribution in [-0.2, 0) is 11.3 Å². The molecule has 0 aromatic heterocycles. The van der Waals surface area contributed by atoms with Gasteiger partial charge in [0, 0.05) is 5.56 Å². The fourth-order valence-corrected chi connectivity index (χ4v) is 1.56. The molecule has 114 valence electrons. The summed E-state index contributed by atoms with van der Waals surface area (Å²) in [5, 5.41) is 11.7. The smallest absolute Gasteiger partial charge is 0.329 e. The molecule has 0 saturated carbocycles. The number of nitrogens with one attached hydrogen (secondary N) is 1. The van der Waals surface area contributed by atoms with Crippen molar-refractivity contribution >= 4 is 17.8 Å². The van der Waals surface area contributed by atoms with Gasteiger partial charge in [0.2, 0.25) is 0 Å². The Bertz CT molecular complexity index is 550. The highest BCUT2D eigenvalue weighted by Gasteiger charge is 2.32. The van der Waals surface area contributed by atoms with Crippen molar-refractivity contribution in [1.29, 1.82) is 0 Å². The van der Waals surface area contributed by atoms with E-state index in [1.54, 1.807) is 31.2 Å². The first kappa shape index (κ1) is 16.5. The molecule has 1 rings (SSSR count). The van der Waals surface area contributed by atoms with Crippen molar-refractivity contribution in [2.24, 2.45) is 16.5 Å². The maximum Gasteiger partial charge on any atom is 0.329 e. The number of guanidine groups is 1. The lowest BCUT2D eigenvalue weighted by molar-refractivity contribution is -0.143. The van der Waals surface area contributed by atoms with E-state index in [0.29, 0.717) is 12.1 Å². The summed E-state index contributed by atoms with van der Waals surface area (Å²) in [6.45, 7) is 3.50. The summed E-state index contributed by atoms with van der Waals surface area (Å²) in [4.78, 5) is 27.1. The van der Waals surface area contributed by atoms with Crippen molar-refractivity contribution in [1.82, 2.24) is 5.32 Å². The van der Waals surface area contributed by atoms with Crippen LogP contribution in [0.5, 0.6) is 0 Å². The van der Waals surface area contributed by atoms with Crippen LogP contribution in [0.15, 0.2) is 29.3 Å². The van der Waals surface area contributed by atoms with E-state index in [2.05, 4.69) is 10.3 Å². The van der Waals surface area contributed by atoms with E-state index in [-0.39, 0.29) is 12.4 Å². The van der Waals surface area contributed by atoms with Crippen LogP contribution in [0.3, 0.4) is 0 Å². The third-order valence-electron chi connectivity index (χ3n) is 3.23. The molecular weight excluding hydrogens is 272 g/mol. The number of aliphatic imine (C=N–C) groups is 1. The van der Waals surface area contributed by atoms with Crippen LogP contribution in [0.4, 0.5) is 0 Å². The molecule has 0 spiro atoms. The Labute approximate surface area is 123 Å². The predicted molar refractivity (Wildman–Crippen MR) is 79.8 cm³/mol. The topological polar surface area (TPSA) is 131 Å². The van der Waals surface area contributed by atoms with Gasteiger partial charge in [0.1, 0.15) is 5.54 Å². The average Bonchev–Trinajstić information content (AvgIpc) is 2.45. The summed E-state index contributed by atoms with van der Waals surface area (Å²) in [5.74, 6) is -1.50. The number of hydrogen-bond acceptors (Lipinski definition) is 3. The normalized spacial score (nSPS) is 13.0. The molecule has 0 aliphatic heterocycles. The van der Waals surface area contributed by atoms with Crippen LogP contribution in [0.2, 0.25) is 0 Å². The van der Waals surface area contributed by atoms with Crippen molar-refractivity contribution in [3.63, 3.8) is 0 Å². The Morgan fingerprint density at radius 1 is 1.29 bits per heavy atom. The van der Waals surface area contributed by atoms with Gasteiger partial charge < -0.3 is 21.9 Å². The van der Waals surface area contributed by atoms with Gasteiger partial charge in [0.25, 0.3) is 5.91 Å². The van der Waals surface area contributed by atoms with Crippen molar-refractivity contribution in [3.8, 4) is 0 Å². The number of amides is 1. The molecule has 0 bridgehead atoms. The number of carboxylic acid groups (broad SMARTS) is 1. The van der Waals surface area contributed by atoms with Gasteiger partial charge in [-0.1, -0.05) is 19.1 Å². The average molecular weight is 292 g/mol. The van der Waals surface area contributed by atoms with E-state index in [1.165, 1.54) is 6.92 Å². The quantitative estimate of drug-likeness (QED) is 0.446. The Hall–Kier alpha value is -2.57. The number of nitrogens with two attached hydrogens (primary N) is 2.